The highest BCUT2D eigenvalue weighted by molar-refractivity contribution is 5.85. The Kier molecular flexibility index (Phi) is 5.10. The Labute approximate surface area is 123 Å². The molecule has 1 atom stereocenters. The van der Waals surface area contributed by atoms with Crippen LogP contribution in [0.2, 0.25) is 0 Å². The summed E-state index contributed by atoms with van der Waals surface area (Å²) >= 11 is 0. The average Bonchev–Trinajstić information content (AvgIpc) is 2.89. The van der Waals surface area contributed by atoms with E-state index in [1.165, 1.54) is 12.3 Å². The summed E-state index contributed by atoms with van der Waals surface area (Å²) < 4.78 is 0. The first-order valence-electron chi connectivity index (χ1n) is 6.93. The fourth-order valence-electron chi connectivity index (χ4n) is 2.33. The number of nitrogens with one attached hydrogen (secondary N) is 2. The van der Waals surface area contributed by atoms with E-state index in [1.807, 2.05) is 0 Å². The van der Waals surface area contributed by atoms with Gasteiger partial charge in [-0.15, -0.1) is 0 Å². The third kappa shape index (κ3) is 4.71. The largest absolute Gasteiger partial charge is 0.477 e. The number of carboxylic acid groups (broad SMARTS) is 1. The lowest BCUT2D eigenvalue weighted by atomic mass is 10.1. The quantitative estimate of drug-likeness (QED) is 0.736. The number of rotatable bonds is 5. The minimum atomic E-state index is -1.06. The van der Waals surface area contributed by atoms with E-state index in [0.717, 1.165) is 25.1 Å². The highest BCUT2D eigenvalue weighted by Crippen LogP contribution is 2.12. The molecule has 1 aliphatic heterocycles. The standard InChI is InChI=1S/C14H20N4O3/c1-18-5-4-11(9-18)8-17-14(21)16-7-10-2-3-12(13(19)20)15-6-10/h2-3,6,11H,4-5,7-9H2,1H3,(H,19,20)(H2,16,17,21). The zero-order valence-corrected chi connectivity index (χ0v) is 12.0. The maximum absolute atomic E-state index is 11.7. The Balaban J connectivity index is 1.69. The molecule has 1 fully saturated rings. The summed E-state index contributed by atoms with van der Waals surface area (Å²) in [5.74, 6) is -0.550. The summed E-state index contributed by atoms with van der Waals surface area (Å²) in [5.41, 5.74) is 0.754. The Morgan fingerprint density at radius 2 is 2.24 bits per heavy atom. The van der Waals surface area contributed by atoms with Crippen LogP contribution in [-0.4, -0.2) is 53.7 Å². The van der Waals surface area contributed by atoms with Crippen molar-refractivity contribution in [1.29, 1.82) is 0 Å². The Morgan fingerprint density at radius 1 is 1.43 bits per heavy atom. The summed E-state index contributed by atoms with van der Waals surface area (Å²) in [6, 6.07) is 2.85. The van der Waals surface area contributed by atoms with Crippen LogP contribution < -0.4 is 10.6 Å². The molecule has 0 saturated carbocycles. The Bertz CT molecular complexity index is 503. The third-order valence-electron chi connectivity index (χ3n) is 3.54. The molecule has 21 heavy (non-hydrogen) atoms. The average molecular weight is 292 g/mol. The molecule has 1 aromatic rings. The fraction of sp³-hybridized carbons (Fsp3) is 0.500. The first-order chi connectivity index (χ1) is 10.0. The lowest BCUT2D eigenvalue weighted by Gasteiger charge is -2.12. The van der Waals surface area contributed by atoms with Crippen LogP contribution in [0.1, 0.15) is 22.5 Å². The maximum atomic E-state index is 11.7. The second kappa shape index (κ2) is 7.03. The number of carboxylic acids is 1. The molecule has 1 unspecified atom stereocenters. The highest BCUT2D eigenvalue weighted by atomic mass is 16.4. The smallest absolute Gasteiger partial charge is 0.354 e. The van der Waals surface area contributed by atoms with E-state index in [0.29, 0.717) is 19.0 Å². The van der Waals surface area contributed by atoms with Gasteiger partial charge in [-0.25, -0.2) is 14.6 Å². The molecular weight excluding hydrogens is 272 g/mol. The van der Waals surface area contributed by atoms with E-state index in [9.17, 15) is 9.59 Å². The number of aromatic nitrogens is 1. The molecule has 0 aromatic carbocycles. The van der Waals surface area contributed by atoms with E-state index in [-0.39, 0.29) is 11.7 Å². The normalized spacial score (nSPS) is 18.4. The number of hydrogen-bond donors (Lipinski definition) is 3. The molecule has 114 valence electrons. The van der Waals surface area contributed by atoms with Gasteiger partial charge in [0, 0.05) is 25.8 Å². The zero-order chi connectivity index (χ0) is 15.2. The van der Waals surface area contributed by atoms with Crippen LogP contribution in [0.25, 0.3) is 0 Å². The van der Waals surface area contributed by atoms with Crippen LogP contribution in [0.4, 0.5) is 4.79 Å². The van der Waals surface area contributed by atoms with Crippen molar-refractivity contribution >= 4 is 12.0 Å². The van der Waals surface area contributed by atoms with Crippen molar-refractivity contribution < 1.29 is 14.7 Å². The van der Waals surface area contributed by atoms with Gasteiger partial charge in [0.25, 0.3) is 0 Å². The number of hydrogen-bond acceptors (Lipinski definition) is 4. The summed E-state index contributed by atoms with van der Waals surface area (Å²) in [5, 5.41) is 14.3. The lowest BCUT2D eigenvalue weighted by Crippen LogP contribution is -2.38. The SMILES string of the molecule is CN1CCC(CNC(=O)NCc2ccc(C(=O)O)nc2)C1. The van der Waals surface area contributed by atoms with E-state index >= 15 is 0 Å². The van der Waals surface area contributed by atoms with Gasteiger partial charge in [0.2, 0.25) is 0 Å². The molecule has 0 radical (unpaired) electrons. The summed E-state index contributed by atoms with van der Waals surface area (Å²) in [7, 11) is 2.08. The summed E-state index contributed by atoms with van der Waals surface area (Å²) in [6.07, 6.45) is 2.56. The minimum absolute atomic E-state index is 0.00597. The topological polar surface area (TPSA) is 94.6 Å². The maximum Gasteiger partial charge on any atom is 0.354 e. The van der Waals surface area contributed by atoms with Gasteiger partial charge >= 0.3 is 12.0 Å². The first kappa shape index (κ1) is 15.2. The molecule has 0 aliphatic carbocycles. The van der Waals surface area contributed by atoms with E-state index < -0.39 is 5.97 Å². The van der Waals surface area contributed by atoms with Crippen molar-refractivity contribution in [2.75, 3.05) is 26.7 Å². The van der Waals surface area contributed by atoms with Gasteiger partial charge in [0.05, 0.1) is 0 Å². The number of nitrogens with zero attached hydrogens (tertiary/aromatic N) is 2. The van der Waals surface area contributed by atoms with Crippen molar-refractivity contribution in [1.82, 2.24) is 20.5 Å². The molecule has 0 bridgehead atoms. The number of amides is 2. The second-order valence-electron chi connectivity index (χ2n) is 5.34. The van der Waals surface area contributed by atoms with Crippen LogP contribution >= 0.6 is 0 Å². The number of urea groups is 1. The second-order valence-corrected chi connectivity index (χ2v) is 5.34. The van der Waals surface area contributed by atoms with E-state index in [1.54, 1.807) is 6.07 Å². The summed E-state index contributed by atoms with van der Waals surface area (Å²) in [4.78, 5) is 28.4. The molecule has 3 N–H and O–H groups in total. The van der Waals surface area contributed by atoms with E-state index in [2.05, 4.69) is 27.6 Å². The predicted octanol–water partition coefficient (Wildman–Crippen LogP) is 0.531. The van der Waals surface area contributed by atoms with Crippen LogP contribution in [0.15, 0.2) is 18.3 Å². The summed E-state index contributed by atoms with van der Waals surface area (Å²) in [6.45, 7) is 3.09. The van der Waals surface area contributed by atoms with Gasteiger partial charge in [-0.1, -0.05) is 6.07 Å². The van der Waals surface area contributed by atoms with Crippen molar-refractivity contribution in [3.63, 3.8) is 0 Å². The van der Waals surface area contributed by atoms with Gasteiger partial charge in [-0.3, -0.25) is 0 Å². The Hall–Kier alpha value is -2.15. The van der Waals surface area contributed by atoms with Crippen LogP contribution in [0.3, 0.4) is 0 Å². The molecule has 2 rings (SSSR count). The lowest BCUT2D eigenvalue weighted by molar-refractivity contribution is 0.0690. The van der Waals surface area contributed by atoms with Crippen molar-refractivity contribution in [3.8, 4) is 0 Å². The van der Waals surface area contributed by atoms with Crippen LogP contribution in [-0.2, 0) is 6.54 Å². The highest BCUT2D eigenvalue weighted by Gasteiger charge is 2.19. The van der Waals surface area contributed by atoms with Gasteiger partial charge in [-0.2, -0.15) is 0 Å². The number of likely N-dealkylation sites (tertiary alicyclic amines) is 1. The molecule has 7 heteroatoms. The Morgan fingerprint density at radius 3 is 2.81 bits per heavy atom. The van der Waals surface area contributed by atoms with Gasteiger partial charge in [-0.05, 0) is 37.6 Å². The number of pyridine rings is 1. The van der Waals surface area contributed by atoms with Gasteiger partial charge in [0.1, 0.15) is 5.69 Å². The molecule has 2 heterocycles. The van der Waals surface area contributed by atoms with Crippen LogP contribution in [0.5, 0.6) is 0 Å². The number of carbonyl (C=O) groups excluding carboxylic acids is 1. The van der Waals surface area contributed by atoms with E-state index in [4.69, 9.17) is 5.11 Å². The molecular formula is C14H20N4O3. The van der Waals surface area contributed by atoms with Crippen LogP contribution in [0, 0.1) is 5.92 Å². The monoisotopic (exact) mass is 292 g/mol. The predicted molar refractivity (Wildman–Crippen MR) is 77.0 cm³/mol. The zero-order valence-electron chi connectivity index (χ0n) is 12.0. The van der Waals surface area contributed by atoms with Gasteiger partial charge in [0.15, 0.2) is 0 Å². The number of carbonyl (C=O) groups is 2. The molecule has 0 spiro atoms. The molecule has 1 aromatic heterocycles. The number of aromatic carboxylic acids is 1. The molecule has 2 amide bonds. The van der Waals surface area contributed by atoms with Gasteiger partial charge < -0.3 is 20.6 Å². The molecule has 7 nitrogen and oxygen atoms in total. The van der Waals surface area contributed by atoms with Crippen molar-refractivity contribution in [3.05, 3.63) is 29.6 Å². The third-order valence-corrected chi connectivity index (χ3v) is 3.54. The van der Waals surface area contributed by atoms with Crippen molar-refractivity contribution in [2.24, 2.45) is 5.92 Å². The minimum Gasteiger partial charge on any atom is -0.477 e. The molecule has 1 saturated heterocycles. The fourth-order valence-corrected chi connectivity index (χ4v) is 2.33. The molecule has 1 aliphatic rings. The van der Waals surface area contributed by atoms with Crippen molar-refractivity contribution in [2.45, 2.75) is 13.0 Å². The first-order valence-corrected chi connectivity index (χ1v) is 6.93.